The van der Waals surface area contributed by atoms with Crippen LogP contribution in [0.2, 0.25) is 0 Å². The van der Waals surface area contributed by atoms with Crippen molar-refractivity contribution < 1.29 is 9.53 Å². The molecule has 0 saturated heterocycles. The van der Waals surface area contributed by atoms with E-state index in [4.69, 9.17) is 4.74 Å². The van der Waals surface area contributed by atoms with E-state index in [0.717, 1.165) is 12.8 Å². The maximum absolute atomic E-state index is 11.6. The Bertz CT molecular complexity index is 399. The SMILES string of the molecule is COC(=O)c1cccnc1NC1CCCCCC1. The third kappa shape index (κ3) is 3.22. The predicted molar refractivity (Wildman–Crippen MR) is 70.7 cm³/mol. The van der Waals surface area contributed by atoms with Crippen LogP contribution >= 0.6 is 0 Å². The van der Waals surface area contributed by atoms with Gasteiger partial charge in [-0.2, -0.15) is 0 Å². The average Bonchev–Trinajstić information content (AvgIpc) is 2.67. The molecule has 0 atom stereocenters. The first-order chi connectivity index (χ1) is 8.81. The third-order valence-corrected chi connectivity index (χ3v) is 3.41. The Morgan fingerprint density at radius 2 is 2.06 bits per heavy atom. The number of nitrogens with zero attached hydrogens (tertiary/aromatic N) is 1. The van der Waals surface area contributed by atoms with Gasteiger partial charge in [0.1, 0.15) is 11.4 Å². The lowest BCUT2D eigenvalue weighted by molar-refractivity contribution is 0.0601. The van der Waals surface area contributed by atoms with Crippen molar-refractivity contribution in [3.8, 4) is 0 Å². The highest BCUT2D eigenvalue weighted by Gasteiger charge is 2.17. The van der Waals surface area contributed by atoms with Crippen LogP contribution in [0.3, 0.4) is 0 Å². The number of hydrogen-bond donors (Lipinski definition) is 1. The Morgan fingerprint density at radius 3 is 2.72 bits per heavy atom. The zero-order chi connectivity index (χ0) is 12.8. The van der Waals surface area contributed by atoms with Gasteiger partial charge in [-0.15, -0.1) is 0 Å². The summed E-state index contributed by atoms with van der Waals surface area (Å²) in [5.41, 5.74) is 0.518. The number of ether oxygens (including phenoxy) is 1. The number of pyridine rings is 1. The van der Waals surface area contributed by atoms with Gasteiger partial charge >= 0.3 is 5.97 Å². The van der Waals surface area contributed by atoms with Gasteiger partial charge in [-0.05, 0) is 25.0 Å². The molecular formula is C14H20N2O2. The zero-order valence-electron chi connectivity index (χ0n) is 10.8. The molecule has 0 bridgehead atoms. The van der Waals surface area contributed by atoms with Gasteiger partial charge in [0.05, 0.1) is 7.11 Å². The van der Waals surface area contributed by atoms with Gasteiger partial charge in [0.15, 0.2) is 0 Å². The van der Waals surface area contributed by atoms with Crippen LogP contribution in [0.1, 0.15) is 48.9 Å². The minimum Gasteiger partial charge on any atom is -0.465 e. The number of aromatic nitrogens is 1. The summed E-state index contributed by atoms with van der Waals surface area (Å²) in [6, 6.07) is 3.92. The Labute approximate surface area is 108 Å². The van der Waals surface area contributed by atoms with Crippen LogP contribution < -0.4 is 5.32 Å². The number of esters is 1. The van der Waals surface area contributed by atoms with E-state index in [2.05, 4.69) is 10.3 Å². The first kappa shape index (κ1) is 12.9. The van der Waals surface area contributed by atoms with E-state index >= 15 is 0 Å². The predicted octanol–water partition coefficient (Wildman–Crippen LogP) is 3.00. The van der Waals surface area contributed by atoms with Crippen molar-refractivity contribution in [2.24, 2.45) is 0 Å². The molecule has 1 aromatic heterocycles. The van der Waals surface area contributed by atoms with Crippen LogP contribution in [0.5, 0.6) is 0 Å². The van der Waals surface area contributed by atoms with Crippen molar-refractivity contribution in [1.29, 1.82) is 0 Å². The molecule has 1 fully saturated rings. The minimum atomic E-state index is -0.334. The summed E-state index contributed by atoms with van der Waals surface area (Å²) >= 11 is 0. The van der Waals surface area contributed by atoms with Gasteiger partial charge in [0.25, 0.3) is 0 Å². The second-order valence-electron chi connectivity index (χ2n) is 4.72. The molecule has 2 rings (SSSR count). The second-order valence-corrected chi connectivity index (χ2v) is 4.72. The molecule has 0 unspecified atom stereocenters. The van der Waals surface area contributed by atoms with Crippen molar-refractivity contribution in [1.82, 2.24) is 4.98 Å². The number of carbonyl (C=O) groups is 1. The summed E-state index contributed by atoms with van der Waals surface area (Å²) in [5.74, 6) is 0.315. The molecule has 4 heteroatoms. The van der Waals surface area contributed by atoms with Gasteiger partial charge in [-0.3, -0.25) is 0 Å². The summed E-state index contributed by atoms with van der Waals surface area (Å²) in [6.45, 7) is 0. The third-order valence-electron chi connectivity index (χ3n) is 3.41. The number of carbonyl (C=O) groups excluding carboxylic acids is 1. The standard InChI is InChI=1S/C14H20N2O2/c1-18-14(17)12-9-6-10-15-13(12)16-11-7-4-2-3-5-8-11/h6,9-11H,2-5,7-8H2,1H3,(H,15,16). The normalized spacial score (nSPS) is 16.9. The second kappa shape index (κ2) is 6.38. The summed E-state index contributed by atoms with van der Waals surface area (Å²) in [4.78, 5) is 15.9. The van der Waals surface area contributed by atoms with E-state index in [0.29, 0.717) is 17.4 Å². The van der Waals surface area contributed by atoms with Crippen molar-refractivity contribution in [3.63, 3.8) is 0 Å². The van der Waals surface area contributed by atoms with E-state index in [9.17, 15) is 4.79 Å². The molecule has 1 aromatic rings. The van der Waals surface area contributed by atoms with Crippen LogP contribution in [-0.2, 0) is 4.74 Å². The Morgan fingerprint density at radius 1 is 1.33 bits per heavy atom. The van der Waals surface area contributed by atoms with E-state index in [1.807, 2.05) is 0 Å². The van der Waals surface area contributed by atoms with Crippen molar-refractivity contribution in [2.45, 2.75) is 44.6 Å². The van der Waals surface area contributed by atoms with E-state index in [-0.39, 0.29) is 5.97 Å². The number of rotatable bonds is 3. The van der Waals surface area contributed by atoms with Gasteiger partial charge in [0, 0.05) is 12.2 Å². The average molecular weight is 248 g/mol. The van der Waals surface area contributed by atoms with Gasteiger partial charge < -0.3 is 10.1 Å². The minimum absolute atomic E-state index is 0.334. The summed E-state index contributed by atoms with van der Waals surface area (Å²) < 4.78 is 4.77. The quantitative estimate of drug-likeness (QED) is 0.660. The molecule has 1 N–H and O–H groups in total. The molecule has 0 amide bonds. The maximum atomic E-state index is 11.6. The summed E-state index contributed by atoms with van der Waals surface area (Å²) in [6.07, 6.45) is 9.12. The molecule has 0 radical (unpaired) electrons. The fourth-order valence-corrected chi connectivity index (χ4v) is 2.41. The number of anilines is 1. The lowest BCUT2D eigenvalue weighted by Gasteiger charge is -2.18. The number of methoxy groups -OCH3 is 1. The molecule has 1 aliphatic carbocycles. The van der Waals surface area contributed by atoms with Crippen LogP contribution in [0.15, 0.2) is 18.3 Å². The highest BCUT2D eigenvalue weighted by molar-refractivity contribution is 5.94. The molecule has 18 heavy (non-hydrogen) atoms. The molecule has 98 valence electrons. The monoisotopic (exact) mass is 248 g/mol. The fourth-order valence-electron chi connectivity index (χ4n) is 2.41. The Balaban J connectivity index is 2.10. The lowest BCUT2D eigenvalue weighted by Crippen LogP contribution is -2.21. The lowest BCUT2D eigenvalue weighted by atomic mass is 10.1. The smallest absolute Gasteiger partial charge is 0.341 e. The topological polar surface area (TPSA) is 51.2 Å². The van der Waals surface area contributed by atoms with Crippen molar-refractivity contribution >= 4 is 11.8 Å². The molecule has 1 aliphatic rings. The Hall–Kier alpha value is -1.58. The summed E-state index contributed by atoms with van der Waals surface area (Å²) in [5, 5.41) is 3.39. The largest absolute Gasteiger partial charge is 0.465 e. The van der Waals surface area contributed by atoms with Crippen LogP contribution in [-0.4, -0.2) is 24.1 Å². The van der Waals surface area contributed by atoms with Crippen molar-refractivity contribution in [2.75, 3.05) is 12.4 Å². The van der Waals surface area contributed by atoms with Crippen LogP contribution in [0.25, 0.3) is 0 Å². The zero-order valence-corrected chi connectivity index (χ0v) is 10.8. The van der Waals surface area contributed by atoms with Crippen LogP contribution in [0.4, 0.5) is 5.82 Å². The maximum Gasteiger partial charge on any atom is 0.341 e. The van der Waals surface area contributed by atoms with E-state index in [1.54, 1.807) is 18.3 Å². The van der Waals surface area contributed by atoms with Crippen LogP contribution in [0, 0.1) is 0 Å². The molecule has 4 nitrogen and oxygen atoms in total. The molecule has 0 aromatic carbocycles. The van der Waals surface area contributed by atoms with E-state index in [1.165, 1.54) is 32.8 Å². The molecule has 1 heterocycles. The van der Waals surface area contributed by atoms with Crippen molar-refractivity contribution in [3.05, 3.63) is 23.9 Å². The molecule has 1 saturated carbocycles. The summed E-state index contributed by atoms with van der Waals surface area (Å²) in [7, 11) is 1.39. The Kier molecular flexibility index (Phi) is 4.56. The van der Waals surface area contributed by atoms with Gasteiger partial charge in [0.2, 0.25) is 0 Å². The first-order valence-corrected chi connectivity index (χ1v) is 6.61. The fraction of sp³-hybridized carbons (Fsp3) is 0.571. The highest BCUT2D eigenvalue weighted by Crippen LogP contribution is 2.22. The molecule has 0 spiro atoms. The number of nitrogens with one attached hydrogen (secondary N) is 1. The molecular weight excluding hydrogens is 228 g/mol. The number of hydrogen-bond acceptors (Lipinski definition) is 4. The highest BCUT2D eigenvalue weighted by atomic mass is 16.5. The first-order valence-electron chi connectivity index (χ1n) is 6.61. The molecule has 0 aliphatic heterocycles. The van der Waals surface area contributed by atoms with E-state index < -0.39 is 0 Å². The van der Waals surface area contributed by atoms with Gasteiger partial charge in [-0.1, -0.05) is 25.7 Å². The van der Waals surface area contributed by atoms with Gasteiger partial charge in [-0.25, -0.2) is 9.78 Å².